The fourth-order valence-electron chi connectivity index (χ4n) is 1.09. The predicted octanol–water partition coefficient (Wildman–Crippen LogP) is -0.908. The Hall–Kier alpha value is -2.37. The Morgan fingerprint density at radius 1 is 1.24 bits per heavy atom. The zero-order valence-corrected chi connectivity index (χ0v) is 9.06. The number of carboxylic acids is 1. The van der Waals surface area contributed by atoms with E-state index in [2.05, 4.69) is 5.32 Å². The first-order valence-corrected chi connectivity index (χ1v) is 4.75. The summed E-state index contributed by atoms with van der Waals surface area (Å²) >= 11 is 0. The summed E-state index contributed by atoms with van der Waals surface area (Å²) in [7, 11) is 0. The van der Waals surface area contributed by atoms with Gasteiger partial charge >= 0.3 is 5.97 Å². The van der Waals surface area contributed by atoms with Gasteiger partial charge in [0, 0.05) is 12.5 Å². The van der Waals surface area contributed by atoms with Crippen molar-refractivity contribution in [3.63, 3.8) is 0 Å². The van der Waals surface area contributed by atoms with Gasteiger partial charge in [0.15, 0.2) is 0 Å². The van der Waals surface area contributed by atoms with E-state index in [0.29, 0.717) is 5.75 Å². The van der Waals surface area contributed by atoms with Crippen molar-refractivity contribution >= 4 is 17.8 Å². The number of carbonyl (C=O) groups excluding carboxylic acids is 3. The van der Waals surface area contributed by atoms with Gasteiger partial charge in [0.05, 0.1) is 12.5 Å². The molecule has 0 aliphatic heterocycles. The van der Waals surface area contributed by atoms with Gasteiger partial charge in [-0.1, -0.05) is 0 Å². The van der Waals surface area contributed by atoms with Crippen molar-refractivity contribution in [1.29, 1.82) is 0 Å². The van der Waals surface area contributed by atoms with Crippen LogP contribution < -0.4 is 15.2 Å². The molecular formula is C11H10NO5-. The van der Waals surface area contributed by atoms with E-state index in [1.54, 1.807) is 0 Å². The summed E-state index contributed by atoms with van der Waals surface area (Å²) in [5.41, 5.74) is 0.266. The third-order valence-electron chi connectivity index (χ3n) is 1.77. The standard InChI is InChI=1S/C11H11NO5/c1-7(13)17-9-4-2-8(3-5-9)11(16)12-6-10(14)15/h2-5H,6H2,1H3,(H,12,16)(H,14,15)/p-1. The Labute approximate surface area is 97.2 Å². The minimum atomic E-state index is -1.37. The van der Waals surface area contributed by atoms with Crippen LogP contribution in [0.2, 0.25) is 0 Å². The summed E-state index contributed by atoms with van der Waals surface area (Å²) in [6.07, 6.45) is 0. The maximum atomic E-state index is 11.4. The molecule has 6 heteroatoms. The number of ether oxygens (including phenoxy) is 1. The molecule has 0 heterocycles. The van der Waals surface area contributed by atoms with Crippen molar-refractivity contribution < 1.29 is 24.2 Å². The Kier molecular flexibility index (Phi) is 4.21. The van der Waals surface area contributed by atoms with Crippen molar-refractivity contribution in [1.82, 2.24) is 5.32 Å². The van der Waals surface area contributed by atoms with Crippen molar-refractivity contribution in [2.45, 2.75) is 6.92 Å². The number of hydrogen-bond acceptors (Lipinski definition) is 5. The molecule has 1 rings (SSSR count). The molecule has 1 N–H and O–H groups in total. The van der Waals surface area contributed by atoms with Crippen LogP contribution in [0.4, 0.5) is 0 Å². The molecule has 1 amide bonds. The number of esters is 1. The molecule has 0 bridgehead atoms. The van der Waals surface area contributed by atoms with Crippen molar-refractivity contribution in [3.8, 4) is 5.75 Å². The molecule has 0 atom stereocenters. The third kappa shape index (κ3) is 4.33. The van der Waals surface area contributed by atoms with Gasteiger partial charge in [0.25, 0.3) is 5.91 Å². The lowest BCUT2D eigenvalue weighted by molar-refractivity contribution is -0.303. The lowest BCUT2D eigenvalue weighted by Crippen LogP contribution is -2.37. The highest BCUT2D eigenvalue weighted by molar-refractivity contribution is 5.95. The lowest BCUT2D eigenvalue weighted by Gasteiger charge is -2.06. The van der Waals surface area contributed by atoms with Crippen LogP contribution in [-0.4, -0.2) is 24.4 Å². The molecule has 90 valence electrons. The molecule has 0 spiro atoms. The molecule has 0 radical (unpaired) electrons. The summed E-state index contributed by atoms with van der Waals surface area (Å²) in [6.45, 7) is 0.713. The number of hydrogen-bond donors (Lipinski definition) is 1. The second kappa shape index (κ2) is 5.64. The summed E-state index contributed by atoms with van der Waals surface area (Å²) in [5.74, 6) is -2.05. The maximum absolute atomic E-state index is 11.4. The SMILES string of the molecule is CC(=O)Oc1ccc(C(=O)NCC(=O)[O-])cc1. The van der Waals surface area contributed by atoms with Gasteiger partial charge in [-0.15, -0.1) is 0 Å². The average Bonchev–Trinajstić information content (AvgIpc) is 2.26. The van der Waals surface area contributed by atoms with Crippen LogP contribution in [0.15, 0.2) is 24.3 Å². The normalized spacial score (nSPS) is 9.47. The maximum Gasteiger partial charge on any atom is 0.308 e. The van der Waals surface area contributed by atoms with Crippen LogP contribution >= 0.6 is 0 Å². The summed E-state index contributed by atoms with van der Waals surface area (Å²) in [5, 5.41) is 12.3. The Morgan fingerprint density at radius 2 is 1.82 bits per heavy atom. The molecule has 0 saturated carbocycles. The Balaban J connectivity index is 2.63. The highest BCUT2D eigenvalue weighted by atomic mass is 16.5. The number of rotatable bonds is 4. The Bertz CT molecular complexity index is 438. The topological polar surface area (TPSA) is 95.5 Å². The molecule has 1 aromatic carbocycles. The quantitative estimate of drug-likeness (QED) is 0.539. The average molecular weight is 236 g/mol. The molecule has 0 aliphatic carbocycles. The molecule has 1 aromatic rings. The number of amides is 1. The highest BCUT2D eigenvalue weighted by Crippen LogP contribution is 2.12. The molecule has 6 nitrogen and oxygen atoms in total. The first kappa shape index (κ1) is 12.7. The number of carboxylic acid groups (broad SMARTS) is 1. The summed E-state index contributed by atoms with van der Waals surface area (Å²) in [6, 6.07) is 5.72. The van der Waals surface area contributed by atoms with E-state index in [1.807, 2.05) is 0 Å². The van der Waals surface area contributed by atoms with E-state index < -0.39 is 24.4 Å². The second-order valence-electron chi connectivity index (χ2n) is 3.17. The first-order chi connectivity index (χ1) is 7.99. The largest absolute Gasteiger partial charge is 0.548 e. The predicted molar refractivity (Wildman–Crippen MR) is 55.1 cm³/mol. The van der Waals surface area contributed by atoms with E-state index in [0.717, 1.165) is 0 Å². The second-order valence-corrected chi connectivity index (χ2v) is 3.17. The van der Waals surface area contributed by atoms with Gasteiger partial charge in [-0.2, -0.15) is 0 Å². The van der Waals surface area contributed by atoms with Gasteiger partial charge in [-0.25, -0.2) is 0 Å². The zero-order chi connectivity index (χ0) is 12.8. The van der Waals surface area contributed by atoms with Gasteiger partial charge in [-0.3, -0.25) is 9.59 Å². The fraction of sp³-hybridized carbons (Fsp3) is 0.182. The zero-order valence-electron chi connectivity index (χ0n) is 9.06. The van der Waals surface area contributed by atoms with Crippen LogP contribution in [-0.2, 0) is 9.59 Å². The monoisotopic (exact) mass is 236 g/mol. The minimum absolute atomic E-state index is 0.266. The van der Waals surface area contributed by atoms with E-state index in [-0.39, 0.29) is 5.56 Å². The Morgan fingerprint density at radius 3 is 2.29 bits per heavy atom. The number of aliphatic carboxylic acids is 1. The van der Waals surface area contributed by atoms with Crippen molar-refractivity contribution in [2.24, 2.45) is 0 Å². The molecule has 0 unspecified atom stereocenters. The van der Waals surface area contributed by atoms with Gasteiger partial charge in [0.2, 0.25) is 0 Å². The van der Waals surface area contributed by atoms with E-state index in [9.17, 15) is 19.5 Å². The molecular weight excluding hydrogens is 226 g/mol. The van der Waals surface area contributed by atoms with Crippen molar-refractivity contribution in [3.05, 3.63) is 29.8 Å². The van der Waals surface area contributed by atoms with Crippen LogP contribution in [0.5, 0.6) is 5.75 Å². The molecule has 0 fully saturated rings. The van der Waals surface area contributed by atoms with Crippen molar-refractivity contribution in [2.75, 3.05) is 6.54 Å². The van der Waals surface area contributed by atoms with Crippen LogP contribution in [0.1, 0.15) is 17.3 Å². The first-order valence-electron chi connectivity index (χ1n) is 4.75. The van der Waals surface area contributed by atoms with Crippen LogP contribution in [0.3, 0.4) is 0 Å². The third-order valence-corrected chi connectivity index (χ3v) is 1.77. The number of nitrogens with one attached hydrogen (secondary N) is 1. The van der Waals surface area contributed by atoms with Crippen LogP contribution in [0, 0.1) is 0 Å². The smallest absolute Gasteiger partial charge is 0.308 e. The van der Waals surface area contributed by atoms with E-state index in [1.165, 1.54) is 31.2 Å². The molecule has 0 aromatic heterocycles. The highest BCUT2D eigenvalue weighted by Gasteiger charge is 2.05. The number of carbonyl (C=O) groups is 3. The number of benzene rings is 1. The van der Waals surface area contributed by atoms with E-state index >= 15 is 0 Å². The molecule has 17 heavy (non-hydrogen) atoms. The van der Waals surface area contributed by atoms with E-state index in [4.69, 9.17) is 4.74 Å². The van der Waals surface area contributed by atoms with Gasteiger partial charge < -0.3 is 20.0 Å². The summed E-state index contributed by atoms with van der Waals surface area (Å²) < 4.78 is 4.77. The van der Waals surface area contributed by atoms with Crippen LogP contribution in [0.25, 0.3) is 0 Å². The summed E-state index contributed by atoms with van der Waals surface area (Å²) in [4.78, 5) is 32.1. The minimum Gasteiger partial charge on any atom is -0.548 e. The van der Waals surface area contributed by atoms with Gasteiger partial charge in [-0.05, 0) is 24.3 Å². The van der Waals surface area contributed by atoms with Gasteiger partial charge in [0.1, 0.15) is 5.75 Å². The molecule has 0 aliphatic rings. The fourth-order valence-corrected chi connectivity index (χ4v) is 1.09. The molecule has 0 saturated heterocycles. The lowest BCUT2D eigenvalue weighted by atomic mass is 10.2.